The molecular weight excluding hydrogens is 333 g/mol. The van der Waals surface area contributed by atoms with E-state index in [2.05, 4.69) is 20.9 Å². The minimum Gasteiger partial charge on any atom is -0.305 e. The Kier molecular flexibility index (Phi) is 3.05. The topological polar surface area (TPSA) is 17.3 Å². The molecule has 0 unspecified atom stereocenters. The molecule has 3 aromatic rings. The van der Waals surface area contributed by atoms with E-state index in [9.17, 15) is 13.2 Å². The molecule has 0 saturated heterocycles. The third-order valence-electron chi connectivity index (χ3n) is 2.92. The number of alkyl halides is 3. The maximum absolute atomic E-state index is 12.5. The van der Waals surface area contributed by atoms with Gasteiger partial charge in [-0.15, -0.1) is 0 Å². The smallest absolute Gasteiger partial charge is 0.305 e. The summed E-state index contributed by atoms with van der Waals surface area (Å²) in [6.45, 7) is 0. The van der Waals surface area contributed by atoms with Gasteiger partial charge in [0.25, 0.3) is 0 Å². The van der Waals surface area contributed by atoms with Gasteiger partial charge < -0.3 is 4.40 Å². The van der Waals surface area contributed by atoms with Crippen molar-refractivity contribution >= 4 is 21.6 Å². The molecule has 3 rings (SSSR count). The molecule has 6 heteroatoms. The number of imidazole rings is 1. The van der Waals surface area contributed by atoms with E-state index in [0.717, 1.165) is 22.3 Å². The number of hydrogen-bond acceptors (Lipinski definition) is 1. The first-order valence-corrected chi connectivity index (χ1v) is 6.55. The van der Waals surface area contributed by atoms with E-state index >= 15 is 0 Å². The maximum Gasteiger partial charge on any atom is 0.416 e. The highest BCUT2D eigenvalue weighted by Crippen LogP contribution is 2.30. The highest BCUT2D eigenvalue weighted by atomic mass is 79.9. The Labute approximate surface area is 121 Å². The third kappa shape index (κ3) is 2.43. The van der Waals surface area contributed by atoms with Crippen molar-refractivity contribution in [3.8, 4) is 11.3 Å². The van der Waals surface area contributed by atoms with Gasteiger partial charge >= 0.3 is 6.18 Å². The molecule has 0 radical (unpaired) electrons. The first-order valence-electron chi connectivity index (χ1n) is 5.75. The normalized spacial score (nSPS) is 12.0. The number of fused-ring (bicyclic) bond motifs is 1. The van der Waals surface area contributed by atoms with Crippen molar-refractivity contribution in [3.63, 3.8) is 0 Å². The van der Waals surface area contributed by atoms with Gasteiger partial charge in [0, 0.05) is 22.4 Å². The molecular formula is C14H8BrF3N2. The lowest BCUT2D eigenvalue weighted by atomic mass is 10.1. The minimum atomic E-state index is -4.32. The predicted octanol–water partition coefficient (Wildman–Crippen LogP) is 4.78. The molecule has 102 valence electrons. The van der Waals surface area contributed by atoms with Gasteiger partial charge in [0.1, 0.15) is 5.65 Å². The molecule has 0 spiro atoms. The van der Waals surface area contributed by atoms with E-state index in [1.54, 1.807) is 6.20 Å². The van der Waals surface area contributed by atoms with E-state index in [0.29, 0.717) is 11.3 Å². The predicted molar refractivity (Wildman–Crippen MR) is 73.3 cm³/mol. The Balaban J connectivity index is 2.02. The molecule has 2 nitrogen and oxygen atoms in total. The molecule has 1 aromatic carbocycles. The average molecular weight is 341 g/mol. The van der Waals surface area contributed by atoms with Crippen molar-refractivity contribution in [3.05, 3.63) is 58.8 Å². The summed E-state index contributed by atoms with van der Waals surface area (Å²) < 4.78 is 40.2. The van der Waals surface area contributed by atoms with E-state index in [1.807, 2.05) is 22.7 Å². The van der Waals surface area contributed by atoms with Crippen molar-refractivity contribution in [2.24, 2.45) is 0 Å². The van der Waals surface area contributed by atoms with Crippen molar-refractivity contribution in [2.75, 3.05) is 0 Å². The number of pyridine rings is 1. The number of aromatic nitrogens is 2. The Morgan fingerprint density at radius 2 is 1.65 bits per heavy atom. The molecule has 0 bridgehead atoms. The van der Waals surface area contributed by atoms with Gasteiger partial charge in [-0.1, -0.05) is 12.1 Å². The van der Waals surface area contributed by atoms with E-state index in [-0.39, 0.29) is 0 Å². The Morgan fingerprint density at radius 1 is 0.950 bits per heavy atom. The van der Waals surface area contributed by atoms with Gasteiger partial charge in [-0.3, -0.25) is 0 Å². The Hall–Kier alpha value is -1.82. The monoisotopic (exact) mass is 340 g/mol. The fourth-order valence-electron chi connectivity index (χ4n) is 1.93. The summed E-state index contributed by atoms with van der Waals surface area (Å²) in [4.78, 5) is 4.38. The molecule has 0 atom stereocenters. The van der Waals surface area contributed by atoms with Gasteiger partial charge in [-0.05, 0) is 40.2 Å². The number of nitrogens with zero attached hydrogens (tertiary/aromatic N) is 2. The summed E-state index contributed by atoms with van der Waals surface area (Å²) in [5.74, 6) is 0. The summed E-state index contributed by atoms with van der Waals surface area (Å²) >= 11 is 3.36. The number of rotatable bonds is 1. The van der Waals surface area contributed by atoms with E-state index in [1.165, 1.54) is 12.1 Å². The van der Waals surface area contributed by atoms with Crippen LogP contribution in [0.25, 0.3) is 16.9 Å². The molecule has 20 heavy (non-hydrogen) atoms. The van der Waals surface area contributed by atoms with Crippen LogP contribution in [0.3, 0.4) is 0 Å². The van der Waals surface area contributed by atoms with Crippen LogP contribution in [0.15, 0.2) is 53.3 Å². The lowest BCUT2D eigenvalue weighted by molar-refractivity contribution is -0.137. The number of hydrogen-bond donors (Lipinski definition) is 0. The van der Waals surface area contributed by atoms with Crippen LogP contribution in [0.5, 0.6) is 0 Å². The molecule has 0 aliphatic rings. The number of benzene rings is 1. The maximum atomic E-state index is 12.5. The summed E-state index contributed by atoms with van der Waals surface area (Å²) in [7, 11) is 0. The van der Waals surface area contributed by atoms with Crippen LogP contribution >= 0.6 is 15.9 Å². The van der Waals surface area contributed by atoms with Crippen LogP contribution in [0.4, 0.5) is 13.2 Å². The fraction of sp³-hybridized carbons (Fsp3) is 0.0714. The lowest BCUT2D eigenvalue weighted by Crippen LogP contribution is -2.03. The molecule has 0 saturated carbocycles. The second kappa shape index (κ2) is 4.63. The molecule has 0 amide bonds. The standard InChI is InChI=1S/C14H8BrF3N2/c15-11-5-6-13-19-12(8-20(13)7-11)9-1-3-10(4-2-9)14(16,17)18/h1-8H. The molecule has 0 fully saturated rings. The van der Waals surface area contributed by atoms with E-state index in [4.69, 9.17) is 0 Å². The van der Waals surface area contributed by atoms with Crippen molar-refractivity contribution in [2.45, 2.75) is 6.18 Å². The summed E-state index contributed by atoms with van der Waals surface area (Å²) in [5, 5.41) is 0. The van der Waals surface area contributed by atoms with Crippen molar-refractivity contribution in [1.82, 2.24) is 9.38 Å². The Morgan fingerprint density at radius 3 is 2.30 bits per heavy atom. The highest BCUT2D eigenvalue weighted by Gasteiger charge is 2.30. The quantitative estimate of drug-likeness (QED) is 0.623. The van der Waals surface area contributed by atoms with Crippen LogP contribution < -0.4 is 0 Å². The lowest BCUT2D eigenvalue weighted by Gasteiger charge is -2.06. The van der Waals surface area contributed by atoms with Gasteiger partial charge in [0.2, 0.25) is 0 Å². The fourth-order valence-corrected chi connectivity index (χ4v) is 2.29. The first-order chi connectivity index (χ1) is 9.43. The molecule has 2 heterocycles. The summed E-state index contributed by atoms with van der Waals surface area (Å²) in [5.41, 5.74) is 1.37. The molecule has 0 N–H and O–H groups in total. The average Bonchev–Trinajstić information content (AvgIpc) is 2.80. The van der Waals surface area contributed by atoms with Gasteiger partial charge in [-0.25, -0.2) is 4.98 Å². The molecule has 2 aromatic heterocycles. The largest absolute Gasteiger partial charge is 0.416 e. The summed E-state index contributed by atoms with van der Waals surface area (Å²) in [6.07, 6.45) is -0.694. The first kappa shape index (κ1) is 13.2. The summed E-state index contributed by atoms with van der Waals surface area (Å²) in [6, 6.07) is 8.68. The Bertz CT molecular complexity index is 760. The van der Waals surface area contributed by atoms with Crippen LogP contribution in [0, 0.1) is 0 Å². The third-order valence-corrected chi connectivity index (χ3v) is 3.39. The number of halogens is 4. The van der Waals surface area contributed by atoms with Crippen LogP contribution in [0.1, 0.15) is 5.56 Å². The van der Waals surface area contributed by atoms with E-state index < -0.39 is 11.7 Å². The second-order valence-corrected chi connectivity index (χ2v) is 5.23. The highest BCUT2D eigenvalue weighted by molar-refractivity contribution is 9.10. The van der Waals surface area contributed by atoms with Crippen LogP contribution in [0.2, 0.25) is 0 Å². The zero-order valence-corrected chi connectivity index (χ0v) is 11.6. The molecule has 0 aliphatic carbocycles. The zero-order valence-electron chi connectivity index (χ0n) is 10.0. The second-order valence-electron chi connectivity index (χ2n) is 4.31. The van der Waals surface area contributed by atoms with Crippen LogP contribution in [-0.4, -0.2) is 9.38 Å². The minimum absolute atomic E-state index is 0.636. The van der Waals surface area contributed by atoms with Crippen molar-refractivity contribution in [1.29, 1.82) is 0 Å². The van der Waals surface area contributed by atoms with Gasteiger partial charge in [-0.2, -0.15) is 13.2 Å². The van der Waals surface area contributed by atoms with Crippen molar-refractivity contribution < 1.29 is 13.2 Å². The van der Waals surface area contributed by atoms with Gasteiger partial charge in [0.05, 0.1) is 11.3 Å². The SMILES string of the molecule is FC(F)(F)c1ccc(-c2cn3cc(Br)ccc3n2)cc1. The van der Waals surface area contributed by atoms with Crippen LogP contribution in [-0.2, 0) is 6.18 Å². The zero-order chi connectivity index (χ0) is 14.3. The molecule has 0 aliphatic heterocycles. The van der Waals surface area contributed by atoms with Gasteiger partial charge in [0.15, 0.2) is 0 Å².